The lowest BCUT2D eigenvalue weighted by Gasteiger charge is -2.20. The standard InChI is InChI=1S/C18H29N3O2/c1-4-21(5-2)16(22)12-9-13-20-18(23)14(3)17(19)15-10-7-6-8-11-15/h6-8,10-11,14,17H,4-5,9,12-13,19H2,1-3H3,(H,20,23). The smallest absolute Gasteiger partial charge is 0.224 e. The van der Waals surface area contributed by atoms with Crippen LogP contribution >= 0.6 is 0 Å². The second-order valence-corrected chi connectivity index (χ2v) is 5.69. The summed E-state index contributed by atoms with van der Waals surface area (Å²) in [5, 5.41) is 2.87. The van der Waals surface area contributed by atoms with Gasteiger partial charge < -0.3 is 16.0 Å². The fraction of sp³-hybridized carbons (Fsp3) is 0.556. The molecule has 0 saturated carbocycles. The average molecular weight is 319 g/mol. The topological polar surface area (TPSA) is 75.4 Å². The summed E-state index contributed by atoms with van der Waals surface area (Å²) in [7, 11) is 0. The molecule has 0 aliphatic carbocycles. The average Bonchev–Trinajstić information content (AvgIpc) is 2.59. The number of rotatable bonds is 9. The highest BCUT2D eigenvalue weighted by Crippen LogP contribution is 2.18. The van der Waals surface area contributed by atoms with Gasteiger partial charge in [0.25, 0.3) is 0 Å². The van der Waals surface area contributed by atoms with E-state index in [0.29, 0.717) is 19.4 Å². The second-order valence-electron chi connectivity index (χ2n) is 5.69. The lowest BCUT2D eigenvalue weighted by Crippen LogP contribution is -2.36. The first-order valence-corrected chi connectivity index (χ1v) is 8.37. The number of nitrogens with one attached hydrogen (secondary N) is 1. The molecular weight excluding hydrogens is 290 g/mol. The zero-order valence-corrected chi connectivity index (χ0v) is 14.4. The predicted molar refractivity (Wildman–Crippen MR) is 92.7 cm³/mol. The van der Waals surface area contributed by atoms with E-state index in [-0.39, 0.29) is 23.8 Å². The van der Waals surface area contributed by atoms with Gasteiger partial charge in [-0.2, -0.15) is 0 Å². The van der Waals surface area contributed by atoms with Gasteiger partial charge in [-0.3, -0.25) is 9.59 Å². The van der Waals surface area contributed by atoms with Crippen molar-refractivity contribution in [2.75, 3.05) is 19.6 Å². The molecule has 0 bridgehead atoms. The Morgan fingerprint density at radius 3 is 2.35 bits per heavy atom. The van der Waals surface area contributed by atoms with Crippen LogP contribution in [0.3, 0.4) is 0 Å². The molecule has 2 atom stereocenters. The highest BCUT2D eigenvalue weighted by Gasteiger charge is 2.21. The van der Waals surface area contributed by atoms with Gasteiger partial charge >= 0.3 is 0 Å². The van der Waals surface area contributed by atoms with Crippen molar-refractivity contribution in [2.24, 2.45) is 11.7 Å². The van der Waals surface area contributed by atoms with Crippen molar-refractivity contribution >= 4 is 11.8 Å². The molecule has 2 amide bonds. The van der Waals surface area contributed by atoms with Crippen molar-refractivity contribution in [1.29, 1.82) is 0 Å². The van der Waals surface area contributed by atoms with Gasteiger partial charge in [0.1, 0.15) is 0 Å². The van der Waals surface area contributed by atoms with E-state index in [1.165, 1.54) is 0 Å². The van der Waals surface area contributed by atoms with Crippen LogP contribution in [0, 0.1) is 5.92 Å². The molecule has 0 saturated heterocycles. The molecule has 128 valence electrons. The molecule has 5 heteroatoms. The summed E-state index contributed by atoms with van der Waals surface area (Å²) in [5.41, 5.74) is 7.10. The van der Waals surface area contributed by atoms with Crippen LogP contribution < -0.4 is 11.1 Å². The molecule has 0 spiro atoms. The molecule has 23 heavy (non-hydrogen) atoms. The summed E-state index contributed by atoms with van der Waals surface area (Å²) in [6.07, 6.45) is 1.11. The third-order valence-electron chi connectivity index (χ3n) is 4.12. The number of carbonyl (C=O) groups excluding carboxylic acids is 2. The third-order valence-corrected chi connectivity index (χ3v) is 4.12. The van der Waals surface area contributed by atoms with Crippen LogP contribution in [0.1, 0.15) is 45.2 Å². The largest absolute Gasteiger partial charge is 0.356 e. The molecule has 3 N–H and O–H groups in total. The highest BCUT2D eigenvalue weighted by atomic mass is 16.2. The Hall–Kier alpha value is -1.88. The Kier molecular flexibility index (Phi) is 8.33. The first-order chi connectivity index (χ1) is 11.0. The molecule has 2 unspecified atom stereocenters. The van der Waals surface area contributed by atoms with Crippen LogP contribution in [0.2, 0.25) is 0 Å². The van der Waals surface area contributed by atoms with Crippen LogP contribution in [0.5, 0.6) is 0 Å². The Balaban J connectivity index is 2.35. The number of nitrogens with zero attached hydrogens (tertiary/aromatic N) is 1. The van der Waals surface area contributed by atoms with Gasteiger partial charge in [-0.25, -0.2) is 0 Å². The van der Waals surface area contributed by atoms with E-state index in [4.69, 9.17) is 5.73 Å². The molecule has 1 rings (SSSR count). The Bertz CT molecular complexity index is 486. The Morgan fingerprint density at radius 1 is 1.17 bits per heavy atom. The van der Waals surface area contributed by atoms with Gasteiger partial charge in [-0.05, 0) is 25.8 Å². The monoisotopic (exact) mass is 319 g/mol. The molecule has 1 aromatic rings. The molecule has 0 aliphatic rings. The molecule has 0 heterocycles. The Morgan fingerprint density at radius 2 is 1.78 bits per heavy atom. The minimum absolute atomic E-state index is 0.0726. The van der Waals surface area contributed by atoms with E-state index in [9.17, 15) is 9.59 Å². The highest BCUT2D eigenvalue weighted by molar-refractivity contribution is 5.79. The van der Waals surface area contributed by atoms with Crippen LogP contribution in [-0.2, 0) is 9.59 Å². The number of benzene rings is 1. The molecule has 0 aromatic heterocycles. The van der Waals surface area contributed by atoms with Gasteiger partial charge in [0, 0.05) is 32.1 Å². The molecule has 1 aromatic carbocycles. The number of amides is 2. The molecular formula is C18H29N3O2. The normalized spacial score (nSPS) is 13.2. The van der Waals surface area contributed by atoms with E-state index < -0.39 is 0 Å². The summed E-state index contributed by atoms with van der Waals surface area (Å²) >= 11 is 0. The lowest BCUT2D eigenvalue weighted by atomic mass is 9.94. The van der Waals surface area contributed by atoms with Crippen LogP contribution in [0.4, 0.5) is 0 Å². The molecule has 0 fully saturated rings. The fourth-order valence-electron chi connectivity index (χ4n) is 2.47. The lowest BCUT2D eigenvalue weighted by molar-refractivity contribution is -0.131. The quantitative estimate of drug-likeness (QED) is 0.684. The maximum atomic E-state index is 12.2. The van der Waals surface area contributed by atoms with Crippen molar-refractivity contribution in [2.45, 2.75) is 39.7 Å². The maximum Gasteiger partial charge on any atom is 0.224 e. The Labute approximate surface area is 139 Å². The number of nitrogens with two attached hydrogens (primary N) is 1. The van der Waals surface area contributed by atoms with Crippen molar-refractivity contribution in [1.82, 2.24) is 10.2 Å². The number of hydrogen-bond donors (Lipinski definition) is 2. The molecule has 0 radical (unpaired) electrons. The first kappa shape index (κ1) is 19.2. The molecule has 5 nitrogen and oxygen atoms in total. The maximum absolute atomic E-state index is 12.2. The van der Waals surface area contributed by atoms with Crippen LogP contribution in [0.25, 0.3) is 0 Å². The van der Waals surface area contributed by atoms with Crippen molar-refractivity contribution in [3.8, 4) is 0 Å². The minimum Gasteiger partial charge on any atom is -0.356 e. The van der Waals surface area contributed by atoms with Crippen LogP contribution in [-0.4, -0.2) is 36.3 Å². The van der Waals surface area contributed by atoms with E-state index in [2.05, 4.69) is 5.32 Å². The van der Waals surface area contributed by atoms with E-state index in [0.717, 1.165) is 18.7 Å². The number of hydrogen-bond acceptors (Lipinski definition) is 3. The summed E-state index contributed by atoms with van der Waals surface area (Å²) in [6, 6.07) is 9.29. The number of carbonyl (C=O) groups is 2. The van der Waals surface area contributed by atoms with Gasteiger partial charge in [-0.15, -0.1) is 0 Å². The summed E-state index contributed by atoms with van der Waals surface area (Å²) < 4.78 is 0. The zero-order chi connectivity index (χ0) is 17.2. The zero-order valence-electron chi connectivity index (χ0n) is 14.4. The van der Waals surface area contributed by atoms with Gasteiger partial charge in [0.05, 0.1) is 5.92 Å². The predicted octanol–water partition coefficient (Wildman–Crippen LogP) is 2.09. The summed E-state index contributed by atoms with van der Waals surface area (Å²) in [4.78, 5) is 25.8. The van der Waals surface area contributed by atoms with Crippen molar-refractivity contribution in [3.05, 3.63) is 35.9 Å². The second kappa shape index (κ2) is 10.0. The van der Waals surface area contributed by atoms with Crippen molar-refractivity contribution in [3.63, 3.8) is 0 Å². The third kappa shape index (κ3) is 6.02. The van der Waals surface area contributed by atoms with Gasteiger partial charge in [0.15, 0.2) is 0 Å². The van der Waals surface area contributed by atoms with Gasteiger partial charge in [-0.1, -0.05) is 37.3 Å². The first-order valence-electron chi connectivity index (χ1n) is 8.37. The summed E-state index contributed by atoms with van der Waals surface area (Å²) in [5.74, 6) is -0.245. The van der Waals surface area contributed by atoms with Crippen LogP contribution in [0.15, 0.2) is 30.3 Å². The van der Waals surface area contributed by atoms with E-state index in [1.54, 1.807) is 4.90 Å². The van der Waals surface area contributed by atoms with Crippen molar-refractivity contribution < 1.29 is 9.59 Å². The SMILES string of the molecule is CCN(CC)C(=O)CCCNC(=O)C(C)C(N)c1ccccc1. The molecule has 0 aliphatic heterocycles. The van der Waals surface area contributed by atoms with E-state index in [1.807, 2.05) is 51.1 Å². The summed E-state index contributed by atoms with van der Waals surface area (Å²) in [6.45, 7) is 7.71. The van der Waals surface area contributed by atoms with E-state index >= 15 is 0 Å². The minimum atomic E-state index is -0.325. The van der Waals surface area contributed by atoms with Gasteiger partial charge in [0.2, 0.25) is 11.8 Å². The fourth-order valence-corrected chi connectivity index (χ4v) is 2.47.